The second kappa shape index (κ2) is 7.71. The van der Waals surface area contributed by atoms with Gasteiger partial charge in [-0.05, 0) is 38.8 Å². The molecule has 2 amide bonds. The van der Waals surface area contributed by atoms with Gasteiger partial charge in [0.05, 0.1) is 36.2 Å². The molecule has 0 aliphatic carbocycles. The lowest BCUT2D eigenvalue weighted by atomic mass is 10.1. The number of nitrogens with zero attached hydrogens (tertiary/aromatic N) is 4. The van der Waals surface area contributed by atoms with Crippen molar-refractivity contribution < 1.29 is 18.8 Å². The van der Waals surface area contributed by atoms with Gasteiger partial charge in [0.15, 0.2) is 0 Å². The third-order valence-corrected chi connectivity index (χ3v) is 5.43. The Labute approximate surface area is 163 Å². The molecular formula is C20H24N4O4. The lowest BCUT2D eigenvalue weighted by Crippen LogP contribution is -2.40. The SMILES string of the molecule is Cc1noc(C)c1C(=O)N1CCCC1c1ccc(C(=O)N2CCOCC2)cn1. The molecule has 2 fully saturated rings. The summed E-state index contributed by atoms with van der Waals surface area (Å²) < 4.78 is 10.4. The Bertz CT molecular complexity index is 851. The van der Waals surface area contributed by atoms with E-state index in [1.807, 2.05) is 11.0 Å². The van der Waals surface area contributed by atoms with E-state index in [4.69, 9.17) is 9.26 Å². The first kappa shape index (κ1) is 18.6. The van der Waals surface area contributed by atoms with Crippen molar-refractivity contribution in [2.24, 2.45) is 0 Å². The number of carbonyl (C=O) groups is 2. The van der Waals surface area contributed by atoms with E-state index >= 15 is 0 Å². The zero-order chi connectivity index (χ0) is 19.7. The molecule has 2 aliphatic rings. The Morgan fingerprint density at radius 2 is 1.89 bits per heavy atom. The number of morpholine rings is 1. The molecule has 2 aromatic rings. The van der Waals surface area contributed by atoms with Gasteiger partial charge >= 0.3 is 0 Å². The number of ether oxygens (including phenoxy) is 1. The van der Waals surface area contributed by atoms with Crippen LogP contribution in [-0.4, -0.2) is 64.6 Å². The van der Waals surface area contributed by atoms with Crippen LogP contribution in [0.25, 0.3) is 0 Å². The minimum Gasteiger partial charge on any atom is -0.378 e. The van der Waals surface area contributed by atoms with Gasteiger partial charge in [-0.3, -0.25) is 14.6 Å². The number of aryl methyl sites for hydroxylation is 2. The monoisotopic (exact) mass is 384 g/mol. The maximum Gasteiger partial charge on any atom is 0.259 e. The van der Waals surface area contributed by atoms with Crippen molar-refractivity contribution in [2.45, 2.75) is 32.7 Å². The zero-order valence-corrected chi connectivity index (χ0v) is 16.2. The van der Waals surface area contributed by atoms with E-state index in [9.17, 15) is 9.59 Å². The van der Waals surface area contributed by atoms with Crippen molar-refractivity contribution in [1.29, 1.82) is 0 Å². The first-order valence-electron chi connectivity index (χ1n) is 9.63. The maximum atomic E-state index is 13.0. The zero-order valence-electron chi connectivity index (χ0n) is 16.2. The molecule has 0 aromatic carbocycles. The van der Waals surface area contributed by atoms with Crippen molar-refractivity contribution in [2.75, 3.05) is 32.8 Å². The van der Waals surface area contributed by atoms with Crippen LogP contribution in [0.5, 0.6) is 0 Å². The molecule has 8 nitrogen and oxygen atoms in total. The molecular weight excluding hydrogens is 360 g/mol. The fourth-order valence-corrected chi connectivity index (χ4v) is 3.93. The van der Waals surface area contributed by atoms with Crippen LogP contribution >= 0.6 is 0 Å². The molecule has 28 heavy (non-hydrogen) atoms. The summed E-state index contributed by atoms with van der Waals surface area (Å²) in [5.74, 6) is 0.430. The van der Waals surface area contributed by atoms with Gasteiger partial charge in [0.1, 0.15) is 11.3 Å². The van der Waals surface area contributed by atoms with E-state index in [0.29, 0.717) is 55.4 Å². The maximum absolute atomic E-state index is 13.0. The van der Waals surface area contributed by atoms with Crippen LogP contribution in [0.15, 0.2) is 22.9 Å². The highest BCUT2D eigenvalue weighted by molar-refractivity contribution is 5.96. The topological polar surface area (TPSA) is 88.8 Å². The first-order chi connectivity index (χ1) is 13.6. The summed E-state index contributed by atoms with van der Waals surface area (Å²) in [6, 6.07) is 3.56. The van der Waals surface area contributed by atoms with Crippen molar-refractivity contribution in [3.05, 3.63) is 46.6 Å². The van der Waals surface area contributed by atoms with Gasteiger partial charge < -0.3 is 19.1 Å². The summed E-state index contributed by atoms with van der Waals surface area (Å²) in [4.78, 5) is 33.8. The highest BCUT2D eigenvalue weighted by Gasteiger charge is 2.34. The fraction of sp³-hybridized carbons (Fsp3) is 0.500. The Morgan fingerprint density at radius 1 is 1.11 bits per heavy atom. The lowest BCUT2D eigenvalue weighted by Gasteiger charge is -2.27. The van der Waals surface area contributed by atoms with Gasteiger partial charge in [0, 0.05) is 25.8 Å². The highest BCUT2D eigenvalue weighted by Crippen LogP contribution is 2.33. The summed E-state index contributed by atoms with van der Waals surface area (Å²) >= 11 is 0. The molecule has 4 rings (SSSR count). The number of hydrogen-bond donors (Lipinski definition) is 0. The molecule has 1 unspecified atom stereocenters. The van der Waals surface area contributed by atoms with E-state index in [1.165, 1.54) is 0 Å². The van der Waals surface area contributed by atoms with Crippen LogP contribution in [0, 0.1) is 13.8 Å². The van der Waals surface area contributed by atoms with E-state index in [1.54, 1.807) is 31.0 Å². The van der Waals surface area contributed by atoms with Gasteiger partial charge in [-0.15, -0.1) is 0 Å². The van der Waals surface area contributed by atoms with Crippen molar-refractivity contribution in [1.82, 2.24) is 19.9 Å². The molecule has 148 valence electrons. The molecule has 1 atom stereocenters. The quantitative estimate of drug-likeness (QED) is 0.806. The second-order valence-electron chi connectivity index (χ2n) is 7.23. The van der Waals surface area contributed by atoms with Crippen molar-refractivity contribution in [3.63, 3.8) is 0 Å². The first-order valence-corrected chi connectivity index (χ1v) is 9.63. The summed E-state index contributed by atoms with van der Waals surface area (Å²) in [6.45, 7) is 6.54. The predicted octanol–water partition coefficient (Wildman–Crippen LogP) is 2.14. The summed E-state index contributed by atoms with van der Waals surface area (Å²) in [6.07, 6.45) is 3.37. The molecule has 0 saturated carbocycles. The molecule has 4 heterocycles. The molecule has 2 aromatic heterocycles. The van der Waals surface area contributed by atoms with E-state index in [0.717, 1.165) is 18.5 Å². The number of likely N-dealkylation sites (tertiary alicyclic amines) is 1. The third kappa shape index (κ3) is 3.40. The van der Waals surface area contributed by atoms with Crippen LogP contribution < -0.4 is 0 Å². The molecule has 0 radical (unpaired) electrons. The average Bonchev–Trinajstić information content (AvgIpc) is 3.34. The number of pyridine rings is 1. The largest absolute Gasteiger partial charge is 0.378 e. The van der Waals surface area contributed by atoms with Gasteiger partial charge in [-0.1, -0.05) is 5.16 Å². The predicted molar refractivity (Wildman–Crippen MR) is 99.9 cm³/mol. The minimum absolute atomic E-state index is 0.0302. The van der Waals surface area contributed by atoms with Crippen molar-refractivity contribution in [3.8, 4) is 0 Å². The van der Waals surface area contributed by atoms with Crippen molar-refractivity contribution >= 4 is 11.8 Å². The minimum atomic E-state index is -0.103. The molecule has 0 bridgehead atoms. The number of amides is 2. The smallest absolute Gasteiger partial charge is 0.259 e. The summed E-state index contributed by atoms with van der Waals surface area (Å²) in [5, 5.41) is 3.89. The Morgan fingerprint density at radius 3 is 2.54 bits per heavy atom. The van der Waals surface area contributed by atoms with E-state index < -0.39 is 0 Å². The van der Waals surface area contributed by atoms with E-state index in [-0.39, 0.29) is 17.9 Å². The summed E-state index contributed by atoms with van der Waals surface area (Å²) in [7, 11) is 0. The second-order valence-corrected chi connectivity index (χ2v) is 7.23. The fourth-order valence-electron chi connectivity index (χ4n) is 3.93. The Balaban J connectivity index is 1.51. The van der Waals surface area contributed by atoms with Gasteiger partial charge in [-0.25, -0.2) is 0 Å². The van der Waals surface area contributed by atoms with Crippen LogP contribution in [-0.2, 0) is 4.74 Å². The third-order valence-electron chi connectivity index (χ3n) is 5.43. The van der Waals surface area contributed by atoms with Gasteiger partial charge in [-0.2, -0.15) is 0 Å². The molecule has 8 heteroatoms. The van der Waals surface area contributed by atoms with E-state index in [2.05, 4.69) is 10.1 Å². The number of carbonyl (C=O) groups excluding carboxylic acids is 2. The molecule has 2 saturated heterocycles. The molecule has 0 N–H and O–H groups in total. The van der Waals surface area contributed by atoms with Crippen LogP contribution in [0.1, 0.15) is 56.7 Å². The Kier molecular flexibility index (Phi) is 5.13. The van der Waals surface area contributed by atoms with Gasteiger partial charge in [0.25, 0.3) is 11.8 Å². The average molecular weight is 384 g/mol. The van der Waals surface area contributed by atoms with Crippen LogP contribution in [0.3, 0.4) is 0 Å². The normalized spacial score (nSPS) is 19.9. The van der Waals surface area contributed by atoms with Gasteiger partial charge in [0.2, 0.25) is 0 Å². The van der Waals surface area contributed by atoms with Crippen LogP contribution in [0.2, 0.25) is 0 Å². The number of hydrogen-bond acceptors (Lipinski definition) is 6. The molecule has 2 aliphatic heterocycles. The summed E-state index contributed by atoms with van der Waals surface area (Å²) in [5.41, 5.74) is 2.50. The number of rotatable bonds is 3. The van der Waals surface area contributed by atoms with Crippen LogP contribution in [0.4, 0.5) is 0 Å². The lowest BCUT2D eigenvalue weighted by molar-refractivity contribution is 0.0302. The Hall–Kier alpha value is -2.74. The molecule has 0 spiro atoms. The standard InChI is InChI=1S/C20H24N4O4/c1-13-18(14(2)28-22-13)20(26)24-7-3-4-17(24)16-6-5-15(12-21-16)19(25)23-8-10-27-11-9-23/h5-6,12,17H,3-4,7-11H2,1-2H3. The highest BCUT2D eigenvalue weighted by atomic mass is 16.5. The number of aromatic nitrogens is 2.